The summed E-state index contributed by atoms with van der Waals surface area (Å²) in [6.45, 7) is 3.38. The van der Waals surface area contributed by atoms with Gasteiger partial charge in [0.25, 0.3) is 0 Å². The van der Waals surface area contributed by atoms with E-state index in [2.05, 4.69) is 39.5 Å². The van der Waals surface area contributed by atoms with Crippen LogP contribution in [0, 0.1) is 0 Å². The van der Waals surface area contributed by atoms with E-state index in [-0.39, 0.29) is 17.6 Å². The van der Waals surface area contributed by atoms with Crippen molar-refractivity contribution in [2.75, 3.05) is 19.6 Å². The van der Waals surface area contributed by atoms with Crippen LogP contribution in [0.5, 0.6) is 0 Å². The number of imidazole rings is 1. The molecule has 2 heterocycles. The molecule has 2 N–H and O–H groups in total. The number of likely N-dealkylation sites (tertiary alicyclic amines) is 1. The number of hydrogen-bond donors (Lipinski definition) is 2. The monoisotopic (exact) mass is 392 g/mol. The average molecular weight is 393 g/mol. The Bertz CT molecular complexity index is 1010. The number of hydrogen-bond acceptors (Lipinski definition) is 3. The van der Waals surface area contributed by atoms with Crippen LogP contribution >= 0.6 is 0 Å². The third-order valence-corrected chi connectivity index (χ3v) is 5.67. The molecule has 1 aliphatic rings. The molecule has 1 aromatic heterocycles. The van der Waals surface area contributed by atoms with Gasteiger partial charge in [0.2, 0.25) is 5.91 Å². The van der Waals surface area contributed by atoms with Gasteiger partial charge in [-0.05, 0) is 43.5 Å². The molecular weight excluding hydrogens is 364 g/mol. The number of piperidine rings is 1. The number of carbonyl (C=O) groups excluding carboxylic acids is 1. The largest absolute Gasteiger partial charge is 0.352 e. The number of aromatic nitrogens is 2. The molecule has 3 aromatic rings. The van der Waals surface area contributed by atoms with Crippen molar-refractivity contribution in [1.82, 2.24) is 19.8 Å². The molecule has 152 valence electrons. The summed E-state index contributed by atoms with van der Waals surface area (Å²) in [5.41, 5.74) is 2.83. The molecule has 29 heavy (non-hydrogen) atoms. The zero-order valence-corrected chi connectivity index (χ0v) is 16.6. The van der Waals surface area contributed by atoms with Gasteiger partial charge in [0, 0.05) is 32.1 Å². The molecule has 1 atom stereocenters. The van der Waals surface area contributed by atoms with Crippen molar-refractivity contribution >= 4 is 16.9 Å². The highest BCUT2D eigenvalue weighted by Crippen LogP contribution is 2.12. The molecule has 0 unspecified atom stereocenters. The highest BCUT2D eigenvalue weighted by atomic mass is 16.2. The minimum absolute atomic E-state index is 0.0112. The van der Waals surface area contributed by atoms with Crippen molar-refractivity contribution in [3.63, 3.8) is 0 Å². The fourth-order valence-corrected chi connectivity index (χ4v) is 4.15. The Kier molecular flexibility index (Phi) is 6.10. The number of fused-ring (bicyclic) bond motifs is 1. The van der Waals surface area contributed by atoms with Crippen LogP contribution in [0.3, 0.4) is 0 Å². The van der Waals surface area contributed by atoms with E-state index in [9.17, 15) is 9.59 Å². The summed E-state index contributed by atoms with van der Waals surface area (Å²) < 4.78 is 1.64. The lowest BCUT2D eigenvalue weighted by atomic mass is 10.0. The summed E-state index contributed by atoms with van der Waals surface area (Å²) in [5, 5.41) is 3.17. The van der Waals surface area contributed by atoms with Crippen LogP contribution in [0.15, 0.2) is 59.4 Å². The van der Waals surface area contributed by atoms with Gasteiger partial charge >= 0.3 is 5.69 Å². The van der Waals surface area contributed by atoms with Crippen molar-refractivity contribution in [2.24, 2.45) is 0 Å². The number of H-pyrrole nitrogens is 1. The van der Waals surface area contributed by atoms with Gasteiger partial charge in [0.05, 0.1) is 11.0 Å². The Labute approximate surface area is 170 Å². The highest BCUT2D eigenvalue weighted by molar-refractivity contribution is 5.77. The minimum atomic E-state index is -0.163. The third kappa shape index (κ3) is 4.95. The van der Waals surface area contributed by atoms with Crippen molar-refractivity contribution in [3.8, 4) is 0 Å². The number of aromatic amines is 1. The Morgan fingerprint density at radius 1 is 1.07 bits per heavy atom. The van der Waals surface area contributed by atoms with Crippen LogP contribution in [-0.4, -0.2) is 46.0 Å². The molecular formula is C23H28N4O2. The predicted octanol–water partition coefficient (Wildman–Crippen LogP) is 2.54. The van der Waals surface area contributed by atoms with Crippen LogP contribution in [0.25, 0.3) is 11.0 Å². The van der Waals surface area contributed by atoms with Crippen LogP contribution in [0.4, 0.5) is 0 Å². The Morgan fingerprint density at radius 2 is 1.86 bits per heavy atom. The molecule has 1 aliphatic heterocycles. The lowest BCUT2D eigenvalue weighted by Gasteiger charge is -2.33. The summed E-state index contributed by atoms with van der Waals surface area (Å²) in [6.07, 6.45) is 3.45. The number of para-hydroxylation sites is 2. The zero-order valence-electron chi connectivity index (χ0n) is 16.6. The smallest absolute Gasteiger partial charge is 0.326 e. The molecule has 1 fully saturated rings. The molecule has 0 aliphatic carbocycles. The van der Waals surface area contributed by atoms with Gasteiger partial charge in [-0.3, -0.25) is 9.36 Å². The molecule has 6 nitrogen and oxygen atoms in total. The SMILES string of the molecule is O=C(CCn1c(=O)[nH]c2ccccc21)N[C@@H]1CCCN(CCc2ccccc2)C1. The first-order valence-electron chi connectivity index (χ1n) is 10.4. The Morgan fingerprint density at radius 3 is 2.72 bits per heavy atom. The zero-order chi connectivity index (χ0) is 20.1. The van der Waals surface area contributed by atoms with Crippen molar-refractivity contribution in [2.45, 2.75) is 38.3 Å². The van der Waals surface area contributed by atoms with Crippen LogP contribution in [0.2, 0.25) is 0 Å². The van der Waals surface area contributed by atoms with Gasteiger partial charge in [0.1, 0.15) is 0 Å². The molecule has 6 heteroatoms. The van der Waals surface area contributed by atoms with E-state index in [1.807, 2.05) is 30.3 Å². The maximum Gasteiger partial charge on any atom is 0.326 e. The maximum atomic E-state index is 12.5. The van der Waals surface area contributed by atoms with Gasteiger partial charge in [-0.15, -0.1) is 0 Å². The van der Waals surface area contributed by atoms with E-state index < -0.39 is 0 Å². The van der Waals surface area contributed by atoms with Crippen LogP contribution in [-0.2, 0) is 17.8 Å². The van der Waals surface area contributed by atoms with E-state index >= 15 is 0 Å². The molecule has 0 radical (unpaired) electrons. The van der Waals surface area contributed by atoms with E-state index in [4.69, 9.17) is 0 Å². The fourth-order valence-electron chi connectivity index (χ4n) is 4.15. The van der Waals surface area contributed by atoms with Gasteiger partial charge in [0.15, 0.2) is 0 Å². The predicted molar refractivity (Wildman–Crippen MR) is 115 cm³/mol. The molecule has 0 saturated carbocycles. The topological polar surface area (TPSA) is 70.1 Å². The summed E-state index contributed by atoms with van der Waals surface area (Å²) in [5.74, 6) is 0.0112. The second-order valence-electron chi connectivity index (χ2n) is 7.79. The standard InChI is InChI=1S/C23H28N4O2/c28-22(13-16-27-21-11-5-4-10-20(21)25-23(27)29)24-19-9-6-14-26(17-19)15-12-18-7-2-1-3-8-18/h1-5,7-8,10-11,19H,6,9,12-17H2,(H,24,28)(H,25,29)/t19-/m1/s1. The number of nitrogens with one attached hydrogen (secondary N) is 2. The third-order valence-electron chi connectivity index (χ3n) is 5.67. The summed E-state index contributed by atoms with van der Waals surface area (Å²) in [6, 6.07) is 18.3. The normalized spacial score (nSPS) is 17.4. The lowest BCUT2D eigenvalue weighted by molar-refractivity contribution is -0.122. The number of benzene rings is 2. The second-order valence-corrected chi connectivity index (χ2v) is 7.79. The van der Waals surface area contributed by atoms with E-state index in [1.165, 1.54) is 5.56 Å². The van der Waals surface area contributed by atoms with Crippen molar-refractivity contribution in [3.05, 3.63) is 70.6 Å². The second kappa shape index (κ2) is 9.09. The Balaban J connectivity index is 1.27. The molecule has 1 amide bonds. The van der Waals surface area contributed by atoms with Crippen molar-refractivity contribution < 1.29 is 4.79 Å². The maximum absolute atomic E-state index is 12.5. The average Bonchev–Trinajstić information content (AvgIpc) is 3.07. The number of amides is 1. The molecule has 0 bridgehead atoms. The Hall–Kier alpha value is -2.86. The van der Waals surface area contributed by atoms with Gasteiger partial charge in [-0.25, -0.2) is 4.79 Å². The van der Waals surface area contributed by atoms with Gasteiger partial charge in [-0.1, -0.05) is 42.5 Å². The van der Waals surface area contributed by atoms with Crippen molar-refractivity contribution in [1.29, 1.82) is 0 Å². The first-order valence-corrected chi connectivity index (χ1v) is 10.4. The highest BCUT2D eigenvalue weighted by Gasteiger charge is 2.21. The first-order chi connectivity index (χ1) is 14.2. The first kappa shape index (κ1) is 19.5. The summed E-state index contributed by atoms with van der Waals surface area (Å²) in [4.78, 5) is 29.9. The summed E-state index contributed by atoms with van der Waals surface area (Å²) >= 11 is 0. The van der Waals surface area contributed by atoms with Gasteiger partial charge in [-0.2, -0.15) is 0 Å². The lowest BCUT2D eigenvalue weighted by Crippen LogP contribution is -2.48. The molecule has 0 spiro atoms. The molecule has 2 aromatic carbocycles. The van der Waals surface area contributed by atoms with Crippen LogP contribution < -0.4 is 11.0 Å². The fraction of sp³-hybridized carbons (Fsp3) is 0.391. The number of nitrogens with zero attached hydrogens (tertiary/aromatic N) is 2. The van der Waals surface area contributed by atoms with Gasteiger partial charge < -0.3 is 15.2 Å². The van der Waals surface area contributed by atoms with E-state index in [0.717, 1.165) is 49.9 Å². The minimum Gasteiger partial charge on any atom is -0.352 e. The number of aryl methyl sites for hydroxylation is 1. The molecule has 4 rings (SSSR count). The molecule has 1 saturated heterocycles. The number of rotatable bonds is 7. The quantitative estimate of drug-likeness (QED) is 0.649. The van der Waals surface area contributed by atoms with E-state index in [0.29, 0.717) is 13.0 Å². The summed E-state index contributed by atoms with van der Waals surface area (Å²) in [7, 11) is 0. The number of carbonyl (C=O) groups is 1. The van der Waals surface area contributed by atoms with E-state index in [1.54, 1.807) is 4.57 Å². The van der Waals surface area contributed by atoms with Crippen LogP contribution in [0.1, 0.15) is 24.8 Å².